The smallest absolute Gasteiger partial charge is 0.388 e. The molecule has 0 saturated heterocycles. The fourth-order valence-electron chi connectivity index (χ4n) is 3.70. The van der Waals surface area contributed by atoms with Crippen molar-refractivity contribution in [3.05, 3.63) is 135 Å². The zero-order chi connectivity index (χ0) is 25.3. The molecule has 2 aromatic carbocycles. The Labute approximate surface area is 235 Å². The summed E-state index contributed by atoms with van der Waals surface area (Å²) in [6, 6.07) is 20.5. The second kappa shape index (κ2) is 19.0. The number of oxime groups is 2. The Morgan fingerprint density at radius 1 is 0.595 bits per heavy atom. The van der Waals surface area contributed by atoms with Crippen molar-refractivity contribution in [2.45, 2.75) is 51.7 Å². The van der Waals surface area contributed by atoms with Gasteiger partial charge in [0.05, 0.1) is 12.4 Å². The molecule has 37 heavy (non-hydrogen) atoms. The molecule has 2 aliphatic carbocycles. The van der Waals surface area contributed by atoms with Crippen LogP contribution in [0.5, 0.6) is 0 Å². The van der Waals surface area contributed by atoms with Crippen molar-refractivity contribution in [1.82, 2.24) is 0 Å². The molecule has 192 valence electrons. The van der Waals surface area contributed by atoms with Crippen LogP contribution in [0, 0.1) is 63.2 Å². The maximum atomic E-state index is 5.61. The molecule has 0 bridgehead atoms. The largest absolute Gasteiger partial charge is 2.00 e. The Morgan fingerprint density at radius 3 is 1.27 bits per heavy atom. The molecular weight excluding hydrogens is 500 g/mol. The first-order valence-electron chi connectivity index (χ1n) is 12.7. The maximum absolute atomic E-state index is 5.61. The van der Waals surface area contributed by atoms with E-state index < -0.39 is 0 Å². The first-order valence-corrected chi connectivity index (χ1v) is 12.7. The molecule has 0 amide bonds. The normalized spacial score (nSPS) is 17.8. The monoisotopic (exact) mass is 536 g/mol. The molecule has 10 radical (unpaired) electrons. The Bertz CT molecular complexity index is 789. The third kappa shape index (κ3) is 11.9. The Morgan fingerprint density at radius 2 is 0.946 bits per heavy atom. The summed E-state index contributed by atoms with van der Waals surface area (Å²) >= 11 is 0. The summed E-state index contributed by atoms with van der Waals surface area (Å²) in [4.78, 5) is 11.2. The average Bonchev–Trinajstić information content (AvgIpc) is 3.64. The average molecular weight is 536 g/mol. The second-order valence-electron chi connectivity index (χ2n) is 8.49. The molecule has 0 aromatic heterocycles. The van der Waals surface area contributed by atoms with Crippen LogP contribution in [0.25, 0.3) is 0 Å². The zero-order valence-electron chi connectivity index (χ0n) is 21.6. The SMILES string of the molecule is CCC[C@@H](O/N=C/[C]1[CH][CH][CH][CH]1)c1ccccc1.CCC[C@@H](O/N=C/[C]1[CH][CH][CH][CH]1)c1ccccc1.[Fe+2]. The molecule has 2 fully saturated rings. The van der Waals surface area contributed by atoms with Crippen LogP contribution < -0.4 is 0 Å². The number of hydrogen-bond donors (Lipinski definition) is 0. The number of rotatable bonds is 12. The van der Waals surface area contributed by atoms with Gasteiger partial charge in [-0.1, -0.05) is 97.7 Å². The van der Waals surface area contributed by atoms with Crippen LogP contribution in [0.4, 0.5) is 0 Å². The summed E-state index contributed by atoms with van der Waals surface area (Å²) < 4.78 is 0. The van der Waals surface area contributed by atoms with E-state index in [1.807, 2.05) is 87.8 Å². The fraction of sp³-hybridized carbons (Fsp3) is 0.250. The standard InChI is InChI=1S/2C16H18NO.Fe/c2*1-2-8-16(15-11-4-3-5-12-15)18-17-13-14-9-6-7-10-14;/h2*3-7,9-13,16H,2,8H2,1H3;/q;;+2/b2*17-13+;/t2*16-;/m11./s1. The summed E-state index contributed by atoms with van der Waals surface area (Å²) in [5.74, 6) is 2.14. The van der Waals surface area contributed by atoms with E-state index in [-0.39, 0.29) is 29.3 Å². The van der Waals surface area contributed by atoms with Gasteiger partial charge in [-0.2, -0.15) is 0 Å². The van der Waals surface area contributed by atoms with Crippen molar-refractivity contribution in [2.75, 3.05) is 0 Å². The van der Waals surface area contributed by atoms with E-state index in [4.69, 9.17) is 9.68 Å². The van der Waals surface area contributed by atoms with Gasteiger partial charge < -0.3 is 9.68 Å². The molecule has 2 aliphatic rings. The molecule has 0 N–H and O–H groups in total. The fourth-order valence-corrected chi connectivity index (χ4v) is 3.70. The van der Waals surface area contributed by atoms with Gasteiger partial charge >= 0.3 is 17.1 Å². The third-order valence-corrected chi connectivity index (χ3v) is 5.60. The minimum atomic E-state index is 0. The molecule has 4 nitrogen and oxygen atoms in total. The van der Waals surface area contributed by atoms with Gasteiger partial charge in [0.1, 0.15) is 0 Å². The summed E-state index contributed by atoms with van der Waals surface area (Å²) in [7, 11) is 0. The molecule has 4 rings (SSSR count). The summed E-state index contributed by atoms with van der Waals surface area (Å²) in [6.07, 6.45) is 23.7. The van der Waals surface area contributed by atoms with Crippen LogP contribution >= 0.6 is 0 Å². The van der Waals surface area contributed by atoms with Crippen molar-refractivity contribution in [2.24, 2.45) is 10.3 Å². The van der Waals surface area contributed by atoms with Crippen molar-refractivity contribution < 1.29 is 26.7 Å². The van der Waals surface area contributed by atoms with Gasteiger partial charge in [0.25, 0.3) is 0 Å². The zero-order valence-corrected chi connectivity index (χ0v) is 22.7. The molecule has 0 heterocycles. The van der Waals surface area contributed by atoms with Gasteiger partial charge in [0, 0.05) is 11.8 Å². The number of hydrogen-bond acceptors (Lipinski definition) is 4. The second-order valence-corrected chi connectivity index (χ2v) is 8.49. The van der Waals surface area contributed by atoms with Gasteiger partial charge in [-0.3, -0.25) is 0 Å². The Hall–Kier alpha value is -2.10. The van der Waals surface area contributed by atoms with Crippen LogP contribution in [0.15, 0.2) is 71.0 Å². The van der Waals surface area contributed by atoms with E-state index in [0.717, 1.165) is 37.5 Å². The molecule has 2 saturated carbocycles. The maximum Gasteiger partial charge on any atom is 2.00 e. The van der Waals surface area contributed by atoms with Crippen LogP contribution in [0.1, 0.15) is 62.9 Å². The first-order chi connectivity index (χ1) is 17.8. The van der Waals surface area contributed by atoms with Gasteiger partial charge in [0.2, 0.25) is 0 Å². The molecule has 0 aliphatic heterocycles. The van der Waals surface area contributed by atoms with E-state index >= 15 is 0 Å². The van der Waals surface area contributed by atoms with Crippen LogP contribution in [-0.4, -0.2) is 12.4 Å². The Balaban J connectivity index is 0.000000253. The van der Waals surface area contributed by atoms with Crippen molar-refractivity contribution in [3.63, 3.8) is 0 Å². The third-order valence-electron chi connectivity index (χ3n) is 5.60. The minimum Gasteiger partial charge on any atom is -0.388 e. The van der Waals surface area contributed by atoms with Crippen molar-refractivity contribution in [1.29, 1.82) is 0 Å². The number of benzene rings is 2. The van der Waals surface area contributed by atoms with Crippen LogP contribution in [-0.2, 0) is 26.7 Å². The van der Waals surface area contributed by atoms with E-state index in [0.29, 0.717) is 0 Å². The molecule has 2 atom stereocenters. The van der Waals surface area contributed by atoms with E-state index in [1.165, 1.54) is 11.1 Å². The van der Waals surface area contributed by atoms with Crippen molar-refractivity contribution in [3.8, 4) is 0 Å². The molecule has 2 aromatic rings. The number of nitrogens with zero attached hydrogens (tertiary/aromatic N) is 2. The predicted molar refractivity (Wildman–Crippen MR) is 148 cm³/mol. The van der Waals surface area contributed by atoms with Gasteiger partial charge in [0.15, 0.2) is 12.2 Å². The molecule has 0 unspecified atom stereocenters. The molecular formula is C32H36FeN2O2+2. The first kappa shape index (κ1) is 31.1. The van der Waals surface area contributed by atoms with Crippen LogP contribution in [0.2, 0.25) is 0 Å². The molecule has 5 heteroatoms. The van der Waals surface area contributed by atoms with Gasteiger partial charge in [-0.15, -0.1) is 0 Å². The van der Waals surface area contributed by atoms with Crippen molar-refractivity contribution >= 4 is 12.4 Å². The van der Waals surface area contributed by atoms with E-state index in [2.05, 4.69) is 48.4 Å². The summed E-state index contributed by atoms with van der Waals surface area (Å²) in [6.45, 7) is 4.31. The minimum absolute atomic E-state index is 0. The topological polar surface area (TPSA) is 43.2 Å². The van der Waals surface area contributed by atoms with Gasteiger partial charge in [-0.25, -0.2) is 0 Å². The Kier molecular flexibility index (Phi) is 16.0. The summed E-state index contributed by atoms with van der Waals surface area (Å²) in [5, 5.41) is 8.17. The quantitative estimate of drug-likeness (QED) is 0.157. The van der Waals surface area contributed by atoms with Crippen LogP contribution in [0.3, 0.4) is 0 Å². The van der Waals surface area contributed by atoms with E-state index in [9.17, 15) is 0 Å². The molecule has 0 spiro atoms. The van der Waals surface area contributed by atoms with Gasteiger partial charge in [-0.05, 0) is 75.3 Å². The summed E-state index contributed by atoms with van der Waals surface area (Å²) in [5.41, 5.74) is 2.36. The predicted octanol–water partition coefficient (Wildman–Crippen LogP) is 7.87. The van der Waals surface area contributed by atoms with E-state index in [1.54, 1.807) is 12.4 Å².